The number of hydrogen-bond acceptors (Lipinski definition) is 2. The van der Waals surface area contributed by atoms with Gasteiger partial charge in [-0.15, -0.1) is 0 Å². The summed E-state index contributed by atoms with van der Waals surface area (Å²) in [4.78, 5) is 13.0. The number of carboxylic acids is 1. The maximum absolute atomic E-state index is 11.1. The van der Waals surface area contributed by atoms with Gasteiger partial charge in [0.2, 0.25) is 0 Å². The second kappa shape index (κ2) is 6.75. The van der Waals surface area contributed by atoms with E-state index in [9.17, 15) is 4.79 Å². The van der Waals surface area contributed by atoms with Crippen molar-refractivity contribution < 1.29 is 9.90 Å². The zero-order valence-corrected chi connectivity index (χ0v) is 11.6. The molecule has 0 spiro atoms. The highest BCUT2D eigenvalue weighted by molar-refractivity contribution is 5.73. The van der Waals surface area contributed by atoms with Gasteiger partial charge < -0.3 is 10.0 Å². The van der Waals surface area contributed by atoms with Crippen molar-refractivity contribution in [3.8, 4) is 0 Å². The van der Waals surface area contributed by atoms with Crippen molar-refractivity contribution in [3.63, 3.8) is 0 Å². The molecular weight excluding hydrogens is 250 g/mol. The molecule has 0 saturated carbocycles. The molecule has 0 bridgehead atoms. The number of carbonyl (C=O) groups is 1. The first-order chi connectivity index (χ1) is 9.66. The molecule has 1 unspecified atom stereocenters. The predicted octanol–water partition coefficient (Wildman–Crippen LogP) is 3.38. The number of nitrogens with zero attached hydrogens (tertiary/aromatic N) is 1. The van der Waals surface area contributed by atoms with Crippen molar-refractivity contribution in [2.24, 2.45) is 0 Å². The normalized spacial score (nSPS) is 11.8. The fraction of sp³-hybridized carbons (Fsp3) is 0.235. The Hall–Kier alpha value is -2.29. The maximum Gasteiger partial charge on any atom is 0.323 e. The van der Waals surface area contributed by atoms with E-state index in [1.165, 1.54) is 5.56 Å². The van der Waals surface area contributed by atoms with Gasteiger partial charge in [0.25, 0.3) is 0 Å². The molecule has 0 aliphatic rings. The lowest BCUT2D eigenvalue weighted by Gasteiger charge is -2.26. The van der Waals surface area contributed by atoms with Crippen LogP contribution >= 0.6 is 0 Å². The van der Waals surface area contributed by atoms with Crippen LogP contribution in [0.4, 0.5) is 5.69 Å². The van der Waals surface area contributed by atoms with Crippen molar-refractivity contribution in [2.45, 2.75) is 12.8 Å². The first-order valence-electron chi connectivity index (χ1n) is 6.73. The molecule has 0 amide bonds. The molecule has 0 aromatic heterocycles. The molecule has 3 nitrogen and oxygen atoms in total. The highest BCUT2D eigenvalue weighted by Gasteiger charge is 2.15. The maximum atomic E-state index is 11.1. The average Bonchev–Trinajstić information content (AvgIpc) is 2.48. The van der Waals surface area contributed by atoms with E-state index in [0.717, 1.165) is 5.69 Å². The third-order valence-corrected chi connectivity index (χ3v) is 3.31. The predicted molar refractivity (Wildman–Crippen MR) is 81.1 cm³/mol. The molecule has 0 radical (unpaired) electrons. The summed E-state index contributed by atoms with van der Waals surface area (Å²) in [7, 11) is 0. The second-order valence-corrected chi connectivity index (χ2v) is 4.92. The van der Waals surface area contributed by atoms with E-state index in [0.29, 0.717) is 6.54 Å². The number of para-hydroxylation sites is 1. The summed E-state index contributed by atoms with van der Waals surface area (Å²) in [6.07, 6.45) is 0. The van der Waals surface area contributed by atoms with E-state index in [1.807, 2.05) is 53.4 Å². The molecule has 2 rings (SSSR count). The second-order valence-electron chi connectivity index (χ2n) is 4.92. The fourth-order valence-corrected chi connectivity index (χ4v) is 2.28. The lowest BCUT2D eigenvalue weighted by molar-refractivity contribution is -0.135. The molecule has 2 aromatic rings. The molecule has 0 aliphatic heterocycles. The summed E-state index contributed by atoms with van der Waals surface area (Å²) in [5.74, 6) is -0.537. The quantitative estimate of drug-likeness (QED) is 0.874. The Balaban J connectivity index is 2.14. The van der Waals surface area contributed by atoms with Gasteiger partial charge in [0.15, 0.2) is 0 Å². The van der Waals surface area contributed by atoms with Gasteiger partial charge >= 0.3 is 5.97 Å². The number of rotatable bonds is 6. The van der Waals surface area contributed by atoms with Crippen LogP contribution in [0.1, 0.15) is 18.4 Å². The molecule has 1 N–H and O–H groups in total. The lowest BCUT2D eigenvalue weighted by Crippen LogP contribution is -2.32. The molecule has 1 atom stereocenters. The molecule has 0 heterocycles. The first kappa shape index (κ1) is 14.1. The van der Waals surface area contributed by atoms with Crippen LogP contribution in [0.15, 0.2) is 60.7 Å². The number of aliphatic carboxylic acids is 1. The van der Waals surface area contributed by atoms with Crippen LogP contribution in [-0.2, 0) is 4.79 Å². The molecule has 0 aliphatic carbocycles. The number of hydrogen-bond donors (Lipinski definition) is 1. The van der Waals surface area contributed by atoms with Gasteiger partial charge in [0.1, 0.15) is 6.54 Å². The minimum absolute atomic E-state index is 0.0151. The highest BCUT2D eigenvalue weighted by atomic mass is 16.4. The van der Waals surface area contributed by atoms with Crippen molar-refractivity contribution in [1.82, 2.24) is 0 Å². The molecule has 3 heteroatoms. The van der Waals surface area contributed by atoms with Crippen LogP contribution in [0.2, 0.25) is 0 Å². The van der Waals surface area contributed by atoms with Gasteiger partial charge in [0, 0.05) is 12.2 Å². The number of carboxylic acid groups (broad SMARTS) is 1. The monoisotopic (exact) mass is 269 g/mol. The largest absolute Gasteiger partial charge is 0.480 e. The zero-order chi connectivity index (χ0) is 14.4. The third kappa shape index (κ3) is 3.85. The van der Waals surface area contributed by atoms with E-state index in [2.05, 4.69) is 19.1 Å². The van der Waals surface area contributed by atoms with E-state index < -0.39 is 5.97 Å². The van der Waals surface area contributed by atoms with E-state index in [4.69, 9.17) is 5.11 Å². The van der Waals surface area contributed by atoms with Crippen LogP contribution < -0.4 is 4.90 Å². The van der Waals surface area contributed by atoms with Crippen molar-refractivity contribution in [3.05, 3.63) is 66.2 Å². The van der Waals surface area contributed by atoms with Crippen LogP contribution in [-0.4, -0.2) is 24.2 Å². The molecule has 0 fully saturated rings. The third-order valence-electron chi connectivity index (χ3n) is 3.31. The molecule has 20 heavy (non-hydrogen) atoms. The summed E-state index contributed by atoms with van der Waals surface area (Å²) in [5.41, 5.74) is 2.16. The van der Waals surface area contributed by atoms with E-state index in [1.54, 1.807) is 0 Å². The fourth-order valence-electron chi connectivity index (χ4n) is 2.28. The first-order valence-corrected chi connectivity index (χ1v) is 6.73. The zero-order valence-electron chi connectivity index (χ0n) is 11.6. The summed E-state index contributed by atoms with van der Waals surface area (Å²) < 4.78 is 0. The average molecular weight is 269 g/mol. The Morgan fingerprint density at radius 2 is 1.60 bits per heavy atom. The Morgan fingerprint density at radius 3 is 2.15 bits per heavy atom. The Bertz CT molecular complexity index is 539. The smallest absolute Gasteiger partial charge is 0.323 e. The van der Waals surface area contributed by atoms with Crippen LogP contribution in [0.25, 0.3) is 0 Å². The van der Waals surface area contributed by atoms with Gasteiger partial charge in [-0.2, -0.15) is 0 Å². The number of benzene rings is 2. The topological polar surface area (TPSA) is 40.5 Å². The minimum atomic E-state index is -0.811. The van der Waals surface area contributed by atoms with Crippen molar-refractivity contribution >= 4 is 11.7 Å². The van der Waals surface area contributed by atoms with E-state index >= 15 is 0 Å². The summed E-state index contributed by atoms with van der Waals surface area (Å²) in [6, 6.07) is 19.8. The van der Waals surface area contributed by atoms with E-state index in [-0.39, 0.29) is 12.5 Å². The number of anilines is 1. The minimum Gasteiger partial charge on any atom is -0.480 e. The van der Waals surface area contributed by atoms with Crippen molar-refractivity contribution in [1.29, 1.82) is 0 Å². The van der Waals surface area contributed by atoms with Gasteiger partial charge in [-0.3, -0.25) is 4.79 Å². The molecule has 0 saturated heterocycles. The summed E-state index contributed by atoms with van der Waals surface area (Å²) in [5, 5.41) is 9.09. The van der Waals surface area contributed by atoms with Crippen molar-refractivity contribution in [2.75, 3.05) is 18.0 Å². The molecule has 2 aromatic carbocycles. The molecule has 104 valence electrons. The standard InChI is InChI=1S/C17H19NO2/c1-14(15-8-4-2-5-9-15)12-18(13-17(19)20)16-10-6-3-7-11-16/h2-11,14H,12-13H2,1H3,(H,19,20). The van der Waals surface area contributed by atoms with Gasteiger partial charge in [-0.25, -0.2) is 0 Å². The van der Waals surface area contributed by atoms with Gasteiger partial charge in [-0.05, 0) is 23.6 Å². The SMILES string of the molecule is CC(CN(CC(=O)O)c1ccccc1)c1ccccc1. The van der Waals surface area contributed by atoms with Crippen LogP contribution in [0.3, 0.4) is 0 Å². The van der Waals surface area contributed by atoms with Crippen LogP contribution in [0, 0.1) is 0 Å². The van der Waals surface area contributed by atoms with Gasteiger partial charge in [-0.1, -0.05) is 55.5 Å². The molecular formula is C17H19NO2. The highest BCUT2D eigenvalue weighted by Crippen LogP contribution is 2.20. The Kier molecular flexibility index (Phi) is 4.77. The van der Waals surface area contributed by atoms with Crippen LogP contribution in [0.5, 0.6) is 0 Å². The van der Waals surface area contributed by atoms with Gasteiger partial charge in [0.05, 0.1) is 0 Å². The lowest BCUT2D eigenvalue weighted by atomic mass is 10.0. The Labute approximate surface area is 119 Å². The Morgan fingerprint density at radius 1 is 1.05 bits per heavy atom. The summed E-state index contributed by atoms with van der Waals surface area (Å²) in [6.45, 7) is 2.81. The summed E-state index contributed by atoms with van der Waals surface area (Å²) >= 11 is 0.